The number of likely N-dealkylation sites (tertiary alicyclic amines) is 2. The molecule has 1 aromatic rings. The predicted octanol–water partition coefficient (Wildman–Crippen LogP) is 2.68. The molecule has 2 fully saturated rings. The lowest BCUT2D eigenvalue weighted by Gasteiger charge is -2.37. The second-order valence-electron chi connectivity index (χ2n) is 7.03. The highest BCUT2D eigenvalue weighted by Gasteiger charge is 2.30. The van der Waals surface area contributed by atoms with E-state index in [0.29, 0.717) is 24.4 Å². The van der Waals surface area contributed by atoms with Gasteiger partial charge in [0.2, 0.25) is 5.88 Å². The van der Waals surface area contributed by atoms with Gasteiger partial charge >= 0.3 is 6.09 Å². The van der Waals surface area contributed by atoms with E-state index in [1.165, 1.54) is 0 Å². The average molecular weight is 362 g/mol. The van der Waals surface area contributed by atoms with Gasteiger partial charge in [-0.25, -0.2) is 9.78 Å². The Hall–Kier alpha value is -1.89. The number of amides is 1. The van der Waals surface area contributed by atoms with Crippen molar-refractivity contribution >= 4 is 6.09 Å². The van der Waals surface area contributed by atoms with Crippen LogP contribution in [0.5, 0.6) is 5.88 Å². The van der Waals surface area contributed by atoms with Crippen molar-refractivity contribution in [3.63, 3.8) is 0 Å². The van der Waals surface area contributed by atoms with Gasteiger partial charge in [-0.05, 0) is 52.1 Å². The standard InChI is InChI=1S/C19H30N4O3/c1-3-26-19(24)23-11-4-5-16(8-14-23)22-12-6-15(7-13-22)17-18(25-2)21-10-9-20-17/h9-10,15-16H,3-8,11-14H2,1-2H3. The minimum atomic E-state index is -0.165. The van der Waals surface area contributed by atoms with Crippen LogP contribution in [0.15, 0.2) is 12.4 Å². The van der Waals surface area contributed by atoms with E-state index in [9.17, 15) is 4.79 Å². The number of ether oxygens (including phenoxy) is 2. The maximum absolute atomic E-state index is 12.0. The molecule has 0 aromatic carbocycles. The molecule has 0 N–H and O–H groups in total. The van der Waals surface area contributed by atoms with Gasteiger partial charge in [-0.1, -0.05) is 0 Å². The number of aromatic nitrogens is 2. The maximum Gasteiger partial charge on any atom is 0.409 e. The van der Waals surface area contributed by atoms with Crippen LogP contribution in [0.1, 0.15) is 50.6 Å². The van der Waals surface area contributed by atoms with Crippen molar-refractivity contribution < 1.29 is 14.3 Å². The predicted molar refractivity (Wildman–Crippen MR) is 98.4 cm³/mol. The van der Waals surface area contributed by atoms with Crippen molar-refractivity contribution in [1.29, 1.82) is 0 Å². The number of methoxy groups -OCH3 is 1. The number of hydrogen-bond donors (Lipinski definition) is 0. The molecule has 144 valence electrons. The van der Waals surface area contributed by atoms with E-state index in [-0.39, 0.29) is 6.09 Å². The second kappa shape index (κ2) is 9.16. The molecule has 2 saturated heterocycles. The molecule has 1 atom stereocenters. The summed E-state index contributed by atoms with van der Waals surface area (Å²) in [6.45, 7) is 6.03. The van der Waals surface area contributed by atoms with Crippen molar-refractivity contribution in [3.05, 3.63) is 18.1 Å². The second-order valence-corrected chi connectivity index (χ2v) is 7.03. The van der Waals surface area contributed by atoms with Gasteiger partial charge in [0.05, 0.1) is 13.7 Å². The lowest BCUT2D eigenvalue weighted by atomic mass is 9.91. The summed E-state index contributed by atoms with van der Waals surface area (Å²) in [5.74, 6) is 1.07. The normalized spacial score (nSPS) is 22.7. The maximum atomic E-state index is 12.0. The summed E-state index contributed by atoms with van der Waals surface area (Å²) < 4.78 is 10.5. The van der Waals surface area contributed by atoms with Crippen LogP contribution in [-0.2, 0) is 4.74 Å². The van der Waals surface area contributed by atoms with Crippen LogP contribution in [0.2, 0.25) is 0 Å². The van der Waals surface area contributed by atoms with Gasteiger partial charge in [0.1, 0.15) is 5.69 Å². The fraction of sp³-hybridized carbons (Fsp3) is 0.737. The summed E-state index contributed by atoms with van der Waals surface area (Å²) in [5.41, 5.74) is 0.990. The molecule has 1 unspecified atom stereocenters. The van der Waals surface area contributed by atoms with Crippen molar-refractivity contribution in [2.75, 3.05) is 39.9 Å². The van der Waals surface area contributed by atoms with Crippen molar-refractivity contribution in [2.24, 2.45) is 0 Å². The summed E-state index contributed by atoms with van der Waals surface area (Å²) in [5, 5.41) is 0. The molecule has 0 spiro atoms. The number of carbonyl (C=O) groups is 1. The molecule has 7 nitrogen and oxygen atoms in total. The Bertz CT molecular complexity index is 590. The molecule has 0 aliphatic carbocycles. The topological polar surface area (TPSA) is 67.8 Å². The Labute approximate surface area is 155 Å². The number of piperidine rings is 1. The monoisotopic (exact) mass is 362 g/mol. The highest BCUT2D eigenvalue weighted by atomic mass is 16.6. The van der Waals surface area contributed by atoms with E-state index >= 15 is 0 Å². The van der Waals surface area contributed by atoms with E-state index in [1.807, 2.05) is 11.8 Å². The Kier molecular flexibility index (Phi) is 6.66. The zero-order chi connectivity index (χ0) is 18.4. The fourth-order valence-corrected chi connectivity index (χ4v) is 4.15. The van der Waals surface area contributed by atoms with Crippen LogP contribution in [0, 0.1) is 0 Å². The molecule has 26 heavy (non-hydrogen) atoms. The van der Waals surface area contributed by atoms with Crippen LogP contribution in [0.4, 0.5) is 4.79 Å². The summed E-state index contributed by atoms with van der Waals surface area (Å²) in [7, 11) is 1.66. The van der Waals surface area contributed by atoms with E-state index < -0.39 is 0 Å². The Morgan fingerprint density at radius 3 is 2.62 bits per heavy atom. The van der Waals surface area contributed by atoms with Crippen LogP contribution < -0.4 is 4.74 Å². The largest absolute Gasteiger partial charge is 0.480 e. The number of hydrogen-bond acceptors (Lipinski definition) is 6. The Morgan fingerprint density at radius 1 is 1.12 bits per heavy atom. The molecule has 2 aliphatic heterocycles. The Balaban J connectivity index is 1.53. The van der Waals surface area contributed by atoms with Crippen molar-refractivity contribution in [1.82, 2.24) is 19.8 Å². The molecule has 0 bridgehead atoms. The molecule has 7 heteroatoms. The molecular weight excluding hydrogens is 332 g/mol. The van der Waals surface area contributed by atoms with E-state index in [1.54, 1.807) is 19.5 Å². The first kappa shape index (κ1) is 18.9. The summed E-state index contributed by atoms with van der Waals surface area (Å²) in [6, 6.07) is 0.555. The fourth-order valence-electron chi connectivity index (χ4n) is 4.15. The van der Waals surface area contributed by atoms with Gasteiger partial charge in [0.15, 0.2) is 0 Å². The third-order valence-corrected chi connectivity index (χ3v) is 5.54. The van der Waals surface area contributed by atoms with Gasteiger partial charge in [-0.15, -0.1) is 0 Å². The molecule has 1 amide bonds. The molecular formula is C19H30N4O3. The van der Waals surface area contributed by atoms with Gasteiger partial charge in [0.25, 0.3) is 0 Å². The molecule has 3 heterocycles. The number of carbonyl (C=O) groups excluding carboxylic acids is 1. The minimum absolute atomic E-state index is 0.165. The van der Waals surface area contributed by atoms with Crippen molar-refractivity contribution in [3.8, 4) is 5.88 Å². The highest BCUT2D eigenvalue weighted by molar-refractivity contribution is 5.67. The minimum Gasteiger partial charge on any atom is -0.480 e. The van der Waals surface area contributed by atoms with E-state index in [0.717, 1.165) is 64.0 Å². The van der Waals surface area contributed by atoms with E-state index in [4.69, 9.17) is 9.47 Å². The van der Waals surface area contributed by atoms with E-state index in [2.05, 4.69) is 14.9 Å². The van der Waals surface area contributed by atoms with Crippen LogP contribution in [0.3, 0.4) is 0 Å². The molecule has 2 aliphatic rings. The highest BCUT2D eigenvalue weighted by Crippen LogP contribution is 2.33. The average Bonchev–Trinajstić information content (AvgIpc) is 2.94. The summed E-state index contributed by atoms with van der Waals surface area (Å²) in [6.07, 6.45) is 8.63. The van der Waals surface area contributed by atoms with Gasteiger partial charge in [-0.2, -0.15) is 0 Å². The first-order valence-corrected chi connectivity index (χ1v) is 9.73. The molecule has 0 saturated carbocycles. The molecule has 3 rings (SSSR count). The first-order valence-electron chi connectivity index (χ1n) is 9.73. The van der Waals surface area contributed by atoms with Crippen molar-refractivity contribution in [2.45, 2.75) is 51.0 Å². The van der Waals surface area contributed by atoms with Gasteiger partial charge < -0.3 is 19.3 Å². The summed E-state index contributed by atoms with van der Waals surface area (Å²) >= 11 is 0. The third kappa shape index (κ3) is 4.44. The number of nitrogens with zero attached hydrogens (tertiary/aromatic N) is 4. The summed E-state index contributed by atoms with van der Waals surface area (Å²) in [4.78, 5) is 25.2. The first-order chi connectivity index (χ1) is 12.7. The quantitative estimate of drug-likeness (QED) is 0.820. The lowest BCUT2D eigenvalue weighted by Crippen LogP contribution is -2.42. The Morgan fingerprint density at radius 2 is 1.88 bits per heavy atom. The molecule has 1 aromatic heterocycles. The van der Waals surface area contributed by atoms with Crippen LogP contribution >= 0.6 is 0 Å². The molecule has 0 radical (unpaired) electrons. The number of rotatable bonds is 4. The van der Waals surface area contributed by atoms with Crippen LogP contribution in [0.25, 0.3) is 0 Å². The van der Waals surface area contributed by atoms with Gasteiger partial charge in [-0.3, -0.25) is 4.98 Å². The van der Waals surface area contributed by atoms with Gasteiger partial charge in [0, 0.05) is 37.4 Å². The lowest BCUT2D eigenvalue weighted by molar-refractivity contribution is 0.105. The van der Waals surface area contributed by atoms with Crippen LogP contribution in [-0.4, -0.2) is 71.8 Å². The zero-order valence-corrected chi connectivity index (χ0v) is 15.9. The zero-order valence-electron chi connectivity index (χ0n) is 15.9. The third-order valence-electron chi connectivity index (χ3n) is 5.54. The SMILES string of the molecule is CCOC(=O)N1CCCC(N2CCC(c3nccnc3OC)CC2)CC1. The smallest absolute Gasteiger partial charge is 0.409 e.